The molecule has 1 aromatic carbocycles. The Kier molecular flexibility index (Phi) is 7.02. The van der Waals surface area contributed by atoms with Gasteiger partial charge in [0, 0.05) is 43.3 Å². The number of nitrogens with two attached hydrogens (primary N) is 1. The van der Waals surface area contributed by atoms with Gasteiger partial charge in [-0.25, -0.2) is 0 Å². The first-order valence-corrected chi connectivity index (χ1v) is 8.72. The van der Waals surface area contributed by atoms with Crippen LogP contribution < -0.4 is 11.1 Å². The third-order valence-electron chi connectivity index (χ3n) is 4.54. The highest BCUT2D eigenvalue weighted by atomic mass is 79.9. The van der Waals surface area contributed by atoms with Crippen molar-refractivity contribution >= 4 is 21.8 Å². The molecule has 1 aliphatic rings. The van der Waals surface area contributed by atoms with Gasteiger partial charge in [-0.05, 0) is 30.5 Å². The van der Waals surface area contributed by atoms with Gasteiger partial charge in [0.1, 0.15) is 0 Å². The molecule has 6 heteroatoms. The van der Waals surface area contributed by atoms with Crippen molar-refractivity contribution in [3.63, 3.8) is 0 Å². The van der Waals surface area contributed by atoms with Crippen molar-refractivity contribution < 1.29 is 14.3 Å². The van der Waals surface area contributed by atoms with Gasteiger partial charge in [-0.1, -0.05) is 28.1 Å². The van der Waals surface area contributed by atoms with Gasteiger partial charge in [0.05, 0.1) is 12.5 Å². The predicted molar refractivity (Wildman–Crippen MR) is 93.4 cm³/mol. The van der Waals surface area contributed by atoms with Crippen LogP contribution in [0.3, 0.4) is 0 Å². The zero-order chi connectivity index (χ0) is 16.7. The smallest absolute Gasteiger partial charge is 0.222 e. The largest absolute Gasteiger partial charge is 0.381 e. The van der Waals surface area contributed by atoms with Gasteiger partial charge < -0.3 is 20.5 Å². The lowest BCUT2D eigenvalue weighted by molar-refractivity contribution is -0.123. The van der Waals surface area contributed by atoms with Gasteiger partial charge in [-0.15, -0.1) is 0 Å². The Bertz CT molecular complexity index is 497. The normalized spacial score (nSPS) is 18.4. The van der Waals surface area contributed by atoms with Crippen LogP contribution in [-0.4, -0.2) is 45.4 Å². The highest BCUT2D eigenvalue weighted by Crippen LogP contribution is 2.34. The second-order valence-electron chi connectivity index (χ2n) is 5.97. The van der Waals surface area contributed by atoms with E-state index in [1.165, 1.54) is 5.56 Å². The molecular weight excluding hydrogens is 360 g/mol. The van der Waals surface area contributed by atoms with Gasteiger partial charge in [0.15, 0.2) is 0 Å². The van der Waals surface area contributed by atoms with E-state index in [1.807, 2.05) is 12.1 Å². The van der Waals surface area contributed by atoms with E-state index < -0.39 is 0 Å². The summed E-state index contributed by atoms with van der Waals surface area (Å²) < 4.78 is 11.7. The van der Waals surface area contributed by atoms with Crippen LogP contribution in [0.4, 0.5) is 0 Å². The summed E-state index contributed by atoms with van der Waals surface area (Å²) in [7, 11) is 1.58. The molecule has 0 aliphatic carbocycles. The Labute approximate surface area is 146 Å². The molecule has 1 fully saturated rings. The first-order chi connectivity index (χ1) is 11.1. The number of benzene rings is 1. The number of hydrogen-bond donors (Lipinski definition) is 2. The second-order valence-corrected chi connectivity index (χ2v) is 6.89. The molecule has 23 heavy (non-hydrogen) atoms. The minimum atomic E-state index is -0.228. The molecule has 5 nitrogen and oxygen atoms in total. The fourth-order valence-corrected chi connectivity index (χ4v) is 3.21. The summed E-state index contributed by atoms with van der Waals surface area (Å²) in [6.45, 7) is 2.39. The third-order valence-corrected chi connectivity index (χ3v) is 5.07. The van der Waals surface area contributed by atoms with Crippen LogP contribution in [0.15, 0.2) is 28.7 Å². The fourth-order valence-electron chi connectivity index (χ4n) is 2.94. The number of ether oxygens (including phenoxy) is 2. The Morgan fingerprint density at radius 3 is 2.61 bits per heavy atom. The van der Waals surface area contributed by atoms with Crippen LogP contribution in [0.5, 0.6) is 0 Å². The molecule has 1 aliphatic heterocycles. The van der Waals surface area contributed by atoms with E-state index in [0.717, 1.165) is 30.5 Å². The first-order valence-electron chi connectivity index (χ1n) is 7.93. The molecule has 128 valence electrons. The van der Waals surface area contributed by atoms with Gasteiger partial charge >= 0.3 is 0 Å². The number of halogens is 1. The number of methoxy groups -OCH3 is 1. The highest BCUT2D eigenvalue weighted by Gasteiger charge is 2.34. The van der Waals surface area contributed by atoms with Crippen molar-refractivity contribution in [2.75, 3.05) is 33.4 Å². The number of nitrogens with one attached hydrogen (secondary N) is 1. The van der Waals surface area contributed by atoms with Crippen LogP contribution in [0.1, 0.15) is 24.8 Å². The van der Waals surface area contributed by atoms with Gasteiger partial charge in [-0.3, -0.25) is 4.79 Å². The summed E-state index contributed by atoms with van der Waals surface area (Å²) in [6.07, 6.45) is 1.87. The van der Waals surface area contributed by atoms with Crippen molar-refractivity contribution in [3.05, 3.63) is 34.3 Å². The van der Waals surface area contributed by atoms with Crippen molar-refractivity contribution in [2.45, 2.75) is 30.8 Å². The molecule has 0 radical (unpaired) electrons. The monoisotopic (exact) mass is 384 g/mol. The van der Waals surface area contributed by atoms with E-state index in [0.29, 0.717) is 19.5 Å². The molecule has 1 unspecified atom stereocenters. The lowest BCUT2D eigenvalue weighted by atomic mass is 9.74. The molecule has 1 aromatic rings. The van der Waals surface area contributed by atoms with E-state index in [4.69, 9.17) is 15.2 Å². The summed E-state index contributed by atoms with van der Waals surface area (Å²) >= 11 is 3.47. The quantitative estimate of drug-likeness (QED) is 0.753. The summed E-state index contributed by atoms with van der Waals surface area (Å²) in [5, 5.41) is 3.06. The Balaban J connectivity index is 2.04. The van der Waals surface area contributed by atoms with Crippen molar-refractivity contribution in [1.82, 2.24) is 5.32 Å². The van der Waals surface area contributed by atoms with Crippen molar-refractivity contribution in [3.8, 4) is 0 Å². The molecule has 1 atom stereocenters. The topological polar surface area (TPSA) is 73.6 Å². The molecule has 1 amide bonds. The molecule has 1 saturated heterocycles. The van der Waals surface area contributed by atoms with E-state index in [9.17, 15) is 4.79 Å². The zero-order valence-electron chi connectivity index (χ0n) is 13.5. The number of carbonyl (C=O) groups excluding carboxylic acids is 1. The maximum Gasteiger partial charge on any atom is 0.222 e. The molecular formula is C17H25BrN2O3. The summed E-state index contributed by atoms with van der Waals surface area (Å²) in [5.74, 6) is -0.0229. The number of rotatable bonds is 7. The minimum Gasteiger partial charge on any atom is -0.381 e. The van der Waals surface area contributed by atoms with E-state index in [-0.39, 0.29) is 17.4 Å². The highest BCUT2D eigenvalue weighted by molar-refractivity contribution is 9.10. The van der Waals surface area contributed by atoms with Crippen molar-refractivity contribution in [2.24, 2.45) is 5.73 Å². The number of hydrogen-bond acceptors (Lipinski definition) is 4. The average molecular weight is 385 g/mol. The second kappa shape index (κ2) is 8.78. The molecule has 0 aromatic heterocycles. The lowest BCUT2D eigenvalue weighted by Gasteiger charge is -2.38. The van der Waals surface area contributed by atoms with E-state index in [2.05, 4.69) is 33.4 Å². The van der Waals surface area contributed by atoms with Crippen LogP contribution in [-0.2, 0) is 19.7 Å². The molecule has 2 rings (SSSR count). The Morgan fingerprint density at radius 1 is 1.39 bits per heavy atom. The molecule has 1 heterocycles. The maximum absolute atomic E-state index is 12.2. The predicted octanol–water partition coefficient (Wildman–Crippen LogP) is 1.98. The van der Waals surface area contributed by atoms with Crippen LogP contribution in [0, 0.1) is 0 Å². The molecule has 0 bridgehead atoms. The van der Waals surface area contributed by atoms with Gasteiger partial charge in [-0.2, -0.15) is 0 Å². The van der Waals surface area contributed by atoms with Crippen LogP contribution in [0.2, 0.25) is 0 Å². The molecule has 0 spiro atoms. The van der Waals surface area contributed by atoms with Gasteiger partial charge in [0.25, 0.3) is 0 Å². The average Bonchev–Trinajstić information content (AvgIpc) is 2.59. The minimum absolute atomic E-state index is 0.0229. The maximum atomic E-state index is 12.2. The summed E-state index contributed by atoms with van der Waals surface area (Å²) in [6, 6.07) is 8.34. The van der Waals surface area contributed by atoms with E-state index >= 15 is 0 Å². The van der Waals surface area contributed by atoms with Crippen molar-refractivity contribution in [1.29, 1.82) is 0 Å². The number of carbonyl (C=O) groups is 1. The number of amides is 1. The van der Waals surface area contributed by atoms with Crippen LogP contribution in [0.25, 0.3) is 0 Å². The zero-order valence-corrected chi connectivity index (χ0v) is 15.1. The Morgan fingerprint density at radius 2 is 2.04 bits per heavy atom. The third kappa shape index (κ3) is 5.01. The molecule has 3 N–H and O–H groups in total. The first kappa shape index (κ1) is 18.4. The lowest BCUT2D eigenvalue weighted by Crippen LogP contribution is -2.45. The van der Waals surface area contributed by atoms with Crippen LogP contribution >= 0.6 is 15.9 Å². The molecule has 0 saturated carbocycles. The standard InChI is InChI=1S/C17H25BrN2O3/c1-22-15(11-19)10-16(21)20-12-17(6-8-23-9-7-17)13-2-4-14(18)5-3-13/h2-5,15H,6-12,19H2,1H3,(H,20,21). The fraction of sp³-hybridized carbons (Fsp3) is 0.588. The van der Waals surface area contributed by atoms with E-state index in [1.54, 1.807) is 7.11 Å². The summed E-state index contributed by atoms with van der Waals surface area (Å²) in [4.78, 5) is 12.2. The Hall–Kier alpha value is -0.950. The van der Waals surface area contributed by atoms with Gasteiger partial charge in [0.2, 0.25) is 5.91 Å². The summed E-state index contributed by atoms with van der Waals surface area (Å²) in [5.41, 5.74) is 6.75. The SMILES string of the molecule is COC(CN)CC(=O)NCC1(c2ccc(Br)cc2)CCOCC1.